The van der Waals surface area contributed by atoms with Crippen molar-refractivity contribution < 1.29 is 0 Å². The lowest BCUT2D eigenvalue weighted by Crippen LogP contribution is -2.48. The van der Waals surface area contributed by atoms with Gasteiger partial charge in [0, 0.05) is 69.1 Å². The zero-order chi connectivity index (χ0) is 45.0. The molecule has 0 aliphatic heterocycles. The molecule has 0 aromatic carbocycles. The topological polar surface area (TPSA) is 0 Å². The molecular formula is C62H94B5. The third-order valence-corrected chi connectivity index (χ3v) is 20.0. The summed E-state index contributed by atoms with van der Waals surface area (Å²) >= 11 is 0. The molecule has 5 saturated carbocycles. The van der Waals surface area contributed by atoms with Gasteiger partial charge in [0.25, 0.3) is 0 Å². The highest BCUT2D eigenvalue weighted by atomic mass is 14.6. The Morgan fingerprint density at radius 2 is 0.687 bits per heavy atom. The molecule has 5 fully saturated rings. The molecule has 0 nitrogen and oxygen atoms in total. The second-order valence-electron chi connectivity index (χ2n) is 24.8. The second kappa shape index (κ2) is 24.7. The van der Waals surface area contributed by atoms with Gasteiger partial charge in [-0.25, -0.2) is 0 Å². The third-order valence-electron chi connectivity index (χ3n) is 20.0. The first-order valence-corrected chi connectivity index (χ1v) is 26.1. The molecule has 4 unspecified atom stereocenters. The molecule has 0 heterocycles. The molecule has 0 bridgehead atoms. The predicted octanol–water partition coefficient (Wildman–Crippen LogP) is 16.9. The van der Waals surface area contributed by atoms with E-state index in [1.807, 2.05) is 0 Å². The molecule has 10 aliphatic rings. The molecular weight excluding hydrogens is 799 g/mol. The lowest BCUT2D eigenvalue weighted by atomic mass is 9.48. The lowest BCUT2D eigenvalue weighted by Gasteiger charge is -2.56. The van der Waals surface area contributed by atoms with Crippen molar-refractivity contribution in [1.29, 1.82) is 0 Å². The summed E-state index contributed by atoms with van der Waals surface area (Å²) in [6.45, 7) is 28.9. The zero-order valence-electron chi connectivity index (χ0n) is 45.3. The van der Waals surface area contributed by atoms with Gasteiger partial charge in [-0.1, -0.05) is 250 Å². The van der Waals surface area contributed by atoms with Crippen molar-refractivity contribution in [2.24, 2.45) is 72.4 Å². The molecule has 10 aliphatic carbocycles. The van der Waals surface area contributed by atoms with Crippen LogP contribution < -0.4 is 0 Å². The summed E-state index contributed by atoms with van der Waals surface area (Å²) in [7, 11) is 0. The Labute approximate surface area is 426 Å². The standard InChI is InChI=1S/C14H22.C13H20.2C12H18.C11H16.5B/c1-12(2)8-7-9-13(3,4)14(12)10-5-6-11-14;1-11-7-6-8-12(2,3)13(11)9-4-5-10-13;1-10-6-5-7-11(2)12(10)8-3-4-9-12;1-11(2)7-3-4-8-12(11)9-5-6-10-12;1-10-6-2-3-7-11(10)8-4-5-9-11;;;;;/h5-6,10-11H,7-9H2,1-4H3;4-5,9-11H,6-8H2,1-3H3;3-4,8-11H,5-7H2,1-2H3;5-6,9-10H,3-4,7-8H2,1-2H3;4-5,8-10H,2-3,6-7H2,1H3;;;;;. The molecule has 4 atom stereocenters. The monoisotopic (exact) mass is 894 g/mol. The van der Waals surface area contributed by atoms with Gasteiger partial charge in [0.1, 0.15) is 0 Å². The smallest absolute Gasteiger partial charge is 0.0169 e. The number of hydrogen-bond acceptors (Lipinski definition) is 0. The summed E-state index contributed by atoms with van der Waals surface area (Å²) in [5.41, 5.74) is 3.74. The molecule has 15 radical (unpaired) electrons. The Kier molecular flexibility index (Phi) is 23.1. The molecule has 0 aromatic rings. The van der Waals surface area contributed by atoms with Gasteiger partial charge >= 0.3 is 0 Å². The van der Waals surface area contributed by atoms with Gasteiger partial charge in [-0.3, -0.25) is 0 Å². The van der Waals surface area contributed by atoms with Crippen molar-refractivity contribution in [3.8, 4) is 0 Å². The van der Waals surface area contributed by atoms with E-state index < -0.39 is 0 Å². The highest BCUT2D eigenvalue weighted by Gasteiger charge is 2.54. The van der Waals surface area contributed by atoms with Gasteiger partial charge in [-0.2, -0.15) is 0 Å². The lowest BCUT2D eigenvalue weighted by molar-refractivity contribution is -0.0134. The molecule has 0 saturated heterocycles. The quantitative estimate of drug-likeness (QED) is 0.213. The van der Waals surface area contributed by atoms with E-state index in [0.717, 1.165) is 23.7 Å². The second-order valence-corrected chi connectivity index (χ2v) is 24.8. The Morgan fingerprint density at radius 3 is 1.18 bits per heavy atom. The number of allylic oxidation sites excluding steroid dienone is 20. The van der Waals surface area contributed by atoms with Crippen LogP contribution in [-0.4, -0.2) is 42.1 Å². The van der Waals surface area contributed by atoms with Crippen molar-refractivity contribution in [3.05, 3.63) is 122 Å². The van der Waals surface area contributed by atoms with Crippen LogP contribution in [0.4, 0.5) is 0 Å². The summed E-state index contributed by atoms with van der Waals surface area (Å²) in [6.07, 6.45) is 70.0. The van der Waals surface area contributed by atoms with Crippen molar-refractivity contribution in [2.45, 2.75) is 192 Å². The van der Waals surface area contributed by atoms with E-state index in [4.69, 9.17) is 0 Å². The zero-order valence-corrected chi connectivity index (χ0v) is 45.3. The van der Waals surface area contributed by atoms with E-state index in [2.05, 4.69) is 205 Å². The molecule has 10 rings (SSSR count). The fourth-order valence-corrected chi connectivity index (χ4v) is 14.9. The summed E-state index contributed by atoms with van der Waals surface area (Å²) in [4.78, 5) is 0. The fraction of sp³-hybridized carbons (Fsp3) is 0.677. The van der Waals surface area contributed by atoms with Crippen molar-refractivity contribution in [3.63, 3.8) is 0 Å². The molecule has 67 heavy (non-hydrogen) atoms. The molecule has 357 valence electrons. The molecule has 0 aromatic heterocycles. The van der Waals surface area contributed by atoms with Crippen LogP contribution >= 0.6 is 0 Å². The largest absolute Gasteiger partial charge is 0.0743 e. The maximum atomic E-state index is 2.44. The van der Waals surface area contributed by atoms with Gasteiger partial charge in [0.15, 0.2) is 0 Å². The van der Waals surface area contributed by atoms with Crippen LogP contribution in [0.2, 0.25) is 0 Å². The van der Waals surface area contributed by atoms with Gasteiger partial charge < -0.3 is 0 Å². The first-order chi connectivity index (χ1) is 29.3. The summed E-state index contributed by atoms with van der Waals surface area (Å²) < 4.78 is 0. The highest BCUT2D eigenvalue weighted by Crippen LogP contribution is 2.63. The van der Waals surface area contributed by atoms with E-state index in [0.29, 0.717) is 48.7 Å². The normalized spacial score (nSPS) is 30.7. The van der Waals surface area contributed by atoms with E-state index in [9.17, 15) is 0 Å². The number of hydrogen-bond donors (Lipinski definition) is 0. The van der Waals surface area contributed by atoms with Gasteiger partial charge in [0.2, 0.25) is 0 Å². The van der Waals surface area contributed by atoms with Crippen LogP contribution in [0.1, 0.15) is 192 Å². The summed E-state index contributed by atoms with van der Waals surface area (Å²) in [5, 5.41) is 0. The third kappa shape index (κ3) is 12.3. The molecule has 0 amide bonds. The van der Waals surface area contributed by atoms with Crippen LogP contribution in [-0.2, 0) is 0 Å². The average Bonchev–Trinajstić information content (AvgIpc) is 4.07. The van der Waals surface area contributed by atoms with Crippen molar-refractivity contribution in [1.82, 2.24) is 0 Å². The summed E-state index contributed by atoms with van der Waals surface area (Å²) in [5.74, 6) is 3.37. The molecule has 5 spiro atoms. The minimum atomic E-state index is 0. The van der Waals surface area contributed by atoms with E-state index in [1.165, 1.54) is 109 Å². The van der Waals surface area contributed by atoms with Crippen LogP contribution in [0.3, 0.4) is 0 Å². The first kappa shape index (κ1) is 62.7. The SMILES string of the molecule is CC1(C)CCCC(C)(C)C12C=CC=C2.CC1(C)CCCCC12C=CC=C2.CC1CCCC(C)(C)C12C=CC=C2.CC1CCCC(C)C12C=CC=C2.CC1CCCCC12C=CC=C2.[B].[B].[B].[B].[B]. The molecule has 0 N–H and O–H groups in total. The molecule has 5 heteroatoms. The Bertz CT molecular complexity index is 1720. The van der Waals surface area contributed by atoms with Crippen molar-refractivity contribution in [2.75, 3.05) is 0 Å². The Hall–Kier alpha value is -2.28. The van der Waals surface area contributed by atoms with Gasteiger partial charge in [-0.15, -0.1) is 0 Å². The van der Waals surface area contributed by atoms with Gasteiger partial charge in [-0.05, 0) is 110 Å². The van der Waals surface area contributed by atoms with E-state index >= 15 is 0 Å². The van der Waals surface area contributed by atoms with Gasteiger partial charge in [0.05, 0.1) is 0 Å². The van der Waals surface area contributed by atoms with Crippen LogP contribution in [0.15, 0.2) is 122 Å². The van der Waals surface area contributed by atoms with Crippen LogP contribution in [0.5, 0.6) is 0 Å². The van der Waals surface area contributed by atoms with Crippen molar-refractivity contribution >= 4 is 42.1 Å². The van der Waals surface area contributed by atoms with E-state index in [1.54, 1.807) is 0 Å². The maximum absolute atomic E-state index is 2.44. The van der Waals surface area contributed by atoms with Crippen LogP contribution in [0, 0.1) is 72.4 Å². The minimum Gasteiger partial charge on any atom is -0.0743 e. The Morgan fingerprint density at radius 1 is 0.299 bits per heavy atom. The maximum Gasteiger partial charge on any atom is 0.0169 e. The predicted molar refractivity (Wildman–Crippen MR) is 303 cm³/mol. The first-order valence-electron chi connectivity index (χ1n) is 26.1. The van der Waals surface area contributed by atoms with E-state index in [-0.39, 0.29) is 42.1 Å². The summed E-state index contributed by atoms with van der Waals surface area (Å²) in [6, 6.07) is 0. The minimum absolute atomic E-state index is 0. The number of rotatable bonds is 0. The van der Waals surface area contributed by atoms with Crippen LogP contribution in [0.25, 0.3) is 0 Å². The fourth-order valence-electron chi connectivity index (χ4n) is 14.9. The average molecular weight is 893 g/mol. The highest BCUT2D eigenvalue weighted by molar-refractivity contribution is 5.76. The Balaban J connectivity index is 0.000000412.